The van der Waals surface area contributed by atoms with Crippen molar-refractivity contribution in [3.8, 4) is 0 Å². The SMILES string of the molecule is OCc1cnc(N2CCCc3ccccc32)nc1. The molecule has 4 nitrogen and oxygen atoms in total. The molecule has 18 heavy (non-hydrogen) atoms. The molecule has 1 aromatic carbocycles. The number of para-hydroxylation sites is 1. The minimum atomic E-state index is -0.0170. The van der Waals surface area contributed by atoms with E-state index in [2.05, 4.69) is 33.1 Å². The number of benzene rings is 1. The van der Waals surface area contributed by atoms with Crippen LogP contribution in [0.1, 0.15) is 17.5 Å². The second-order valence-corrected chi connectivity index (χ2v) is 4.43. The zero-order valence-electron chi connectivity index (χ0n) is 10.1. The Bertz CT molecular complexity index is 539. The Hall–Kier alpha value is -1.94. The molecule has 0 aliphatic carbocycles. The lowest BCUT2D eigenvalue weighted by Gasteiger charge is -2.29. The average molecular weight is 241 g/mol. The molecule has 0 spiro atoms. The Morgan fingerprint density at radius 3 is 2.72 bits per heavy atom. The minimum Gasteiger partial charge on any atom is -0.392 e. The summed E-state index contributed by atoms with van der Waals surface area (Å²) in [6, 6.07) is 8.37. The van der Waals surface area contributed by atoms with Gasteiger partial charge in [-0.05, 0) is 24.5 Å². The predicted octanol–water partition coefficient (Wildman–Crippen LogP) is 2.05. The van der Waals surface area contributed by atoms with Crippen LogP contribution in [0, 0.1) is 0 Å². The second-order valence-electron chi connectivity index (χ2n) is 4.43. The van der Waals surface area contributed by atoms with E-state index in [0.29, 0.717) is 5.95 Å². The zero-order chi connectivity index (χ0) is 12.4. The number of hydrogen-bond donors (Lipinski definition) is 1. The molecular weight excluding hydrogens is 226 g/mol. The first kappa shape index (κ1) is 11.2. The van der Waals surface area contributed by atoms with E-state index in [1.807, 2.05) is 6.07 Å². The topological polar surface area (TPSA) is 49.3 Å². The van der Waals surface area contributed by atoms with Gasteiger partial charge >= 0.3 is 0 Å². The summed E-state index contributed by atoms with van der Waals surface area (Å²) < 4.78 is 0. The Labute approximate surface area is 106 Å². The Morgan fingerprint density at radius 1 is 1.17 bits per heavy atom. The van der Waals surface area contributed by atoms with Gasteiger partial charge in [-0.1, -0.05) is 18.2 Å². The van der Waals surface area contributed by atoms with Crippen LogP contribution in [0.5, 0.6) is 0 Å². The molecule has 2 aromatic rings. The van der Waals surface area contributed by atoms with Crippen molar-refractivity contribution < 1.29 is 5.11 Å². The monoisotopic (exact) mass is 241 g/mol. The van der Waals surface area contributed by atoms with Crippen LogP contribution >= 0.6 is 0 Å². The number of rotatable bonds is 2. The summed E-state index contributed by atoms with van der Waals surface area (Å²) in [5.74, 6) is 0.708. The van der Waals surface area contributed by atoms with E-state index in [-0.39, 0.29) is 6.61 Å². The third-order valence-corrected chi connectivity index (χ3v) is 3.23. The third-order valence-electron chi connectivity index (χ3n) is 3.23. The molecule has 3 rings (SSSR count). The van der Waals surface area contributed by atoms with E-state index >= 15 is 0 Å². The summed E-state index contributed by atoms with van der Waals surface area (Å²) in [5, 5.41) is 9.00. The van der Waals surface area contributed by atoms with Gasteiger partial charge in [0, 0.05) is 30.2 Å². The first-order chi connectivity index (χ1) is 8.88. The Kier molecular flexibility index (Phi) is 2.94. The van der Waals surface area contributed by atoms with Gasteiger partial charge in [0.1, 0.15) is 0 Å². The Balaban J connectivity index is 1.97. The van der Waals surface area contributed by atoms with Crippen molar-refractivity contribution in [2.45, 2.75) is 19.4 Å². The molecule has 1 aliphatic heterocycles. The number of aliphatic hydroxyl groups excluding tert-OH is 1. The fraction of sp³-hybridized carbons (Fsp3) is 0.286. The van der Waals surface area contributed by atoms with Gasteiger partial charge in [0.2, 0.25) is 5.95 Å². The van der Waals surface area contributed by atoms with Crippen LogP contribution in [-0.2, 0) is 13.0 Å². The first-order valence-electron chi connectivity index (χ1n) is 6.16. The van der Waals surface area contributed by atoms with Crippen molar-refractivity contribution in [2.75, 3.05) is 11.4 Å². The molecule has 2 heterocycles. The maximum Gasteiger partial charge on any atom is 0.229 e. The van der Waals surface area contributed by atoms with E-state index in [1.54, 1.807) is 12.4 Å². The quantitative estimate of drug-likeness (QED) is 0.874. The molecule has 0 fully saturated rings. The van der Waals surface area contributed by atoms with E-state index in [1.165, 1.54) is 11.3 Å². The fourth-order valence-corrected chi connectivity index (χ4v) is 2.31. The number of aryl methyl sites for hydroxylation is 1. The molecule has 92 valence electrons. The van der Waals surface area contributed by atoms with Gasteiger partial charge in [-0.2, -0.15) is 0 Å². The van der Waals surface area contributed by atoms with Crippen molar-refractivity contribution in [3.05, 3.63) is 47.8 Å². The fourth-order valence-electron chi connectivity index (χ4n) is 2.31. The highest BCUT2D eigenvalue weighted by Gasteiger charge is 2.19. The first-order valence-corrected chi connectivity index (χ1v) is 6.16. The van der Waals surface area contributed by atoms with Crippen LogP contribution in [0.25, 0.3) is 0 Å². The molecule has 0 radical (unpaired) electrons. The highest BCUT2D eigenvalue weighted by Crippen LogP contribution is 2.30. The van der Waals surface area contributed by atoms with Gasteiger partial charge in [0.25, 0.3) is 0 Å². The summed E-state index contributed by atoms with van der Waals surface area (Å²) in [6.45, 7) is 0.923. The van der Waals surface area contributed by atoms with Crippen LogP contribution in [0.15, 0.2) is 36.7 Å². The van der Waals surface area contributed by atoms with Crippen LogP contribution in [0.4, 0.5) is 11.6 Å². The molecule has 0 atom stereocenters. The predicted molar refractivity (Wildman–Crippen MR) is 69.7 cm³/mol. The van der Waals surface area contributed by atoms with Crippen LogP contribution < -0.4 is 4.90 Å². The number of aliphatic hydroxyl groups is 1. The van der Waals surface area contributed by atoms with Gasteiger partial charge < -0.3 is 10.0 Å². The second kappa shape index (κ2) is 4.74. The van der Waals surface area contributed by atoms with Crippen molar-refractivity contribution in [1.82, 2.24) is 9.97 Å². The summed E-state index contributed by atoms with van der Waals surface area (Å²) in [5.41, 5.74) is 3.28. The van der Waals surface area contributed by atoms with Crippen LogP contribution in [0.2, 0.25) is 0 Å². The maximum absolute atomic E-state index is 9.00. The molecule has 0 amide bonds. The lowest BCUT2D eigenvalue weighted by Crippen LogP contribution is -2.26. The van der Waals surface area contributed by atoms with E-state index in [4.69, 9.17) is 5.11 Å². The number of aromatic nitrogens is 2. The highest BCUT2D eigenvalue weighted by molar-refractivity contribution is 5.63. The number of fused-ring (bicyclic) bond motifs is 1. The van der Waals surface area contributed by atoms with Gasteiger partial charge in [-0.25, -0.2) is 9.97 Å². The van der Waals surface area contributed by atoms with Crippen molar-refractivity contribution in [2.24, 2.45) is 0 Å². The average Bonchev–Trinajstić information content (AvgIpc) is 2.47. The summed E-state index contributed by atoms with van der Waals surface area (Å²) in [6.07, 6.45) is 5.59. The lowest BCUT2D eigenvalue weighted by atomic mass is 10.0. The molecule has 0 unspecified atom stereocenters. The molecular formula is C14H15N3O. The number of nitrogens with zero attached hydrogens (tertiary/aromatic N) is 3. The highest BCUT2D eigenvalue weighted by atomic mass is 16.3. The third kappa shape index (κ3) is 1.95. The largest absolute Gasteiger partial charge is 0.392 e. The van der Waals surface area contributed by atoms with E-state index in [9.17, 15) is 0 Å². The normalized spacial score (nSPS) is 14.4. The van der Waals surface area contributed by atoms with Crippen molar-refractivity contribution in [1.29, 1.82) is 0 Å². The van der Waals surface area contributed by atoms with Crippen molar-refractivity contribution in [3.63, 3.8) is 0 Å². The molecule has 1 aromatic heterocycles. The van der Waals surface area contributed by atoms with Crippen LogP contribution in [-0.4, -0.2) is 21.6 Å². The van der Waals surface area contributed by atoms with Gasteiger partial charge in [-0.3, -0.25) is 0 Å². The standard InChI is InChI=1S/C14H15N3O/c18-10-11-8-15-14(16-9-11)17-7-3-5-12-4-1-2-6-13(12)17/h1-2,4,6,8-9,18H,3,5,7,10H2. The molecule has 0 saturated carbocycles. The lowest BCUT2D eigenvalue weighted by molar-refractivity contribution is 0.281. The Morgan fingerprint density at radius 2 is 1.94 bits per heavy atom. The van der Waals surface area contributed by atoms with Gasteiger partial charge in [0.15, 0.2) is 0 Å². The van der Waals surface area contributed by atoms with E-state index in [0.717, 1.165) is 24.9 Å². The van der Waals surface area contributed by atoms with Gasteiger partial charge in [-0.15, -0.1) is 0 Å². The van der Waals surface area contributed by atoms with E-state index < -0.39 is 0 Å². The zero-order valence-corrected chi connectivity index (χ0v) is 10.1. The molecule has 0 bridgehead atoms. The van der Waals surface area contributed by atoms with Crippen LogP contribution in [0.3, 0.4) is 0 Å². The molecule has 0 saturated heterocycles. The number of anilines is 2. The molecule has 1 aliphatic rings. The minimum absolute atomic E-state index is 0.0170. The summed E-state index contributed by atoms with van der Waals surface area (Å²) in [4.78, 5) is 10.8. The summed E-state index contributed by atoms with van der Waals surface area (Å²) >= 11 is 0. The summed E-state index contributed by atoms with van der Waals surface area (Å²) in [7, 11) is 0. The number of hydrogen-bond acceptors (Lipinski definition) is 4. The smallest absolute Gasteiger partial charge is 0.229 e. The van der Waals surface area contributed by atoms with Crippen molar-refractivity contribution >= 4 is 11.6 Å². The van der Waals surface area contributed by atoms with Gasteiger partial charge in [0.05, 0.1) is 6.61 Å². The molecule has 4 heteroatoms. The molecule has 1 N–H and O–H groups in total. The maximum atomic E-state index is 9.00.